The fourth-order valence-corrected chi connectivity index (χ4v) is 3.97. The number of benzene rings is 1. The molecule has 1 aliphatic rings. The average molecular weight is 384 g/mol. The number of amides is 1. The summed E-state index contributed by atoms with van der Waals surface area (Å²) in [6, 6.07) is 5.52. The largest absolute Gasteiger partial charge is 0.490 e. The molecule has 1 aromatic rings. The molecule has 1 heterocycles. The van der Waals surface area contributed by atoms with E-state index in [1.54, 1.807) is 11.8 Å². The van der Waals surface area contributed by atoms with Crippen molar-refractivity contribution in [1.29, 1.82) is 0 Å². The summed E-state index contributed by atoms with van der Waals surface area (Å²) in [5, 5.41) is 0. The van der Waals surface area contributed by atoms with Crippen molar-refractivity contribution < 1.29 is 22.7 Å². The van der Waals surface area contributed by atoms with Gasteiger partial charge in [-0.25, -0.2) is 8.42 Å². The predicted octanol–water partition coefficient (Wildman–Crippen LogP) is 1.52. The zero-order valence-corrected chi connectivity index (χ0v) is 16.5. The van der Waals surface area contributed by atoms with Crippen molar-refractivity contribution in [3.05, 3.63) is 23.8 Å². The number of nitrogens with zero attached hydrogens (tertiary/aromatic N) is 2. The van der Waals surface area contributed by atoms with Crippen molar-refractivity contribution in [3.63, 3.8) is 0 Å². The van der Waals surface area contributed by atoms with Crippen molar-refractivity contribution in [1.82, 2.24) is 9.21 Å². The SMILES string of the molecule is CCOc1ccc(CC(=O)N2CCN(S(=O)(=O)CC)CC2)cc1OCC. The fourth-order valence-electron chi connectivity index (χ4n) is 2.89. The Hall–Kier alpha value is -1.80. The molecule has 1 aromatic carbocycles. The van der Waals surface area contributed by atoms with E-state index >= 15 is 0 Å². The van der Waals surface area contributed by atoms with Crippen LogP contribution in [0.25, 0.3) is 0 Å². The van der Waals surface area contributed by atoms with E-state index in [0.29, 0.717) is 50.9 Å². The van der Waals surface area contributed by atoms with E-state index in [4.69, 9.17) is 9.47 Å². The van der Waals surface area contributed by atoms with Gasteiger partial charge in [0.15, 0.2) is 11.5 Å². The van der Waals surface area contributed by atoms with E-state index in [-0.39, 0.29) is 18.1 Å². The molecule has 2 rings (SSSR count). The Kier molecular flexibility index (Phi) is 7.28. The molecule has 0 bridgehead atoms. The highest BCUT2D eigenvalue weighted by Crippen LogP contribution is 2.29. The van der Waals surface area contributed by atoms with Crippen LogP contribution < -0.4 is 9.47 Å². The number of carbonyl (C=O) groups is 1. The lowest BCUT2D eigenvalue weighted by atomic mass is 10.1. The molecule has 0 saturated carbocycles. The van der Waals surface area contributed by atoms with E-state index in [9.17, 15) is 13.2 Å². The molecular weight excluding hydrogens is 356 g/mol. The van der Waals surface area contributed by atoms with Crippen LogP contribution in [0.1, 0.15) is 26.3 Å². The first-order chi connectivity index (χ1) is 12.4. The molecule has 7 nitrogen and oxygen atoms in total. The van der Waals surface area contributed by atoms with Crippen LogP contribution >= 0.6 is 0 Å². The van der Waals surface area contributed by atoms with Gasteiger partial charge < -0.3 is 14.4 Å². The van der Waals surface area contributed by atoms with Crippen molar-refractivity contribution in [3.8, 4) is 11.5 Å². The Labute approximate surface area is 155 Å². The predicted molar refractivity (Wildman–Crippen MR) is 100 cm³/mol. The van der Waals surface area contributed by atoms with Gasteiger partial charge in [-0.15, -0.1) is 0 Å². The van der Waals surface area contributed by atoms with Gasteiger partial charge >= 0.3 is 0 Å². The molecule has 0 radical (unpaired) electrons. The van der Waals surface area contributed by atoms with Gasteiger partial charge in [-0.2, -0.15) is 4.31 Å². The van der Waals surface area contributed by atoms with Crippen molar-refractivity contribution in [2.24, 2.45) is 0 Å². The number of carbonyl (C=O) groups excluding carboxylic acids is 1. The van der Waals surface area contributed by atoms with Crippen LogP contribution in [0.2, 0.25) is 0 Å². The summed E-state index contributed by atoms with van der Waals surface area (Å²) in [4.78, 5) is 14.3. The number of rotatable bonds is 8. The van der Waals surface area contributed by atoms with E-state index in [0.717, 1.165) is 5.56 Å². The lowest BCUT2D eigenvalue weighted by Crippen LogP contribution is -2.51. The monoisotopic (exact) mass is 384 g/mol. The first-order valence-corrected chi connectivity index (χ1v) is 10.7. The smallest absolute Gasteiger partial charge is 0.227 e. The Morgan fingerprint density at radius 2 is 1.62 bits per heavy atom. The third-order valence-corrected chi connectivity index (χ3v) is 6.19. The van der Waals surface area contributed by atoms with E-state index in [2.05, 4.69) is 0 Å². The van der Waals surface area contributed by atoms with E-state index in [1.807, 2.05) is 32.0 Å². The summed E-state index contributed by atoms with van der Waals surface area (Å²) >= 11 is 0. The first-order valence-electron chi connectivity index (χ1n) is 9.05. The highest BCUT2D eigenvalue weighted by Gasteiger charge is 2.27. The second-order valence-electron chi connectivity index (χ2n) is 6.00. The number of piperazine rings is 1. The highest BCUT2D eigenvalue weighted by molar-refractivity contribution is 7.89. The van der Waals surface area contributed by atoms with Gasteiger partial charge in [0.25, 0.3) is 0 Å². The van der Waals surface area contributed by atoms with Gasteiger partial charge in [0.05, 0.1) is 25.4 Å². The minimum absolute atomic E-state index is 0.00912. The van der Waals surface area contributed by atoms with Crippen molar-refractivity contribution in [2.45, 2.75) is 27.2 Å². The summed E-state index contributed by atoms with van der Waals surface area (Å²) in [6.07, 6.45) is 0.257. The van der Waals surface area contributed by atoms with Crippen LogP contribution in [0, 0.1) is 0 Å². The zero-order valence-electron chi connectivity index (χ0n) is 15.7. The van der Waals surface area contributed by atoms with Gasteiger partial charge in [-0.05, 0) is 38.5 Å². The Morgan fingerprint density at radius 1 is 1.00 bits per heavy atom. The standard InChI is InChI=1S/C18H28N2O5S/c1-4-24-16-8-7-15(13-17(16)25-5-2)14-18(21)19-9-11-20(12-10-19)26(22,23)6-3/h7-8,13H,4-6,9-12,14H2,1-3H3. The minimum Gasteiger partial charge on any atom is -0.490 e. The molecule has 1 fully saturated rings. The molecule has 0 N–H and O–H groups in total. The average Bonchev–Trinajstić information content (AvgIpc) is 2.64. The quantitative estimate of drug-likeness (QED) is 0.679. The van der Waals surface area contributed by atoms with Gasteiger partial charge in [-0.3, -0.25) is 4.79 Å². The summed E-state index contributed by atoms with van der Waals surface area (Å²) < 4.78 is 36.4. The normalized spacial score (nSPS) is 15.7. The lowest BCUT2D eigenvalue weighted by Gasteiger charge is -2.34. The second kappa shape index (κ2) is 9.23. The maximum atomic E-state index is 12.6. The number of ether oxygens (including phenoxy) is 2. The number of hydrogen-bond donors (Lipinski definition) is 0. The zero-order chi connectivity index (χ0) is 19.2. The minimum atomic E-state index is -3.19. The van der Waals surface area contributed by atoms with Crippen LogP contribution in [0.15, 0.2) is 18.2 Å². The Morgan fingerprint density at radius 3 is 2.19 bits per heavy atom. The molecule has 0 spiro atoms. The van der Waals surface area contributed by atoms with Gasteiger partial charge in [0, 0.05) is 26.2 Å². The van der Waals surface area contributed by atoms with Crippen LogP contribution in [0.5, 0.6) is 11.5 Å². The lowest BCUT2D eigenvalue weighted by molar-refractivity contribution is -0.131. The summed E-state index contributed by atoms with van der Waals surface area (Å²) in [7, 11) is -3.19. The van der Waals surface area contributed by atoms with Crippen LogP contribution in [-0.2, 0) is 21.2 Å². The molecule has 1 amide bonds. The molecule has 146 valence electrons. The van der Waals surface area contributed by atoms with Crippen molar-refractivity contribution >= 4 is 15.9 Å². The Balaban J connectivity index is 1.99. The molecule has 0 aromatic heterocycles. The van der Waals surface area contributed by atoms with E-state index in [1.165, 1.54) is 4.31 Å². The molecule has 0 atom stereocenters. The van der Waals surface area contributed by atoms with Crippen LogP contribution in [0.4, 0.5) is 0 Å². The molecular formula is C18H28N2O5S. The molecule has 26 heavy (non-hydrogen) atoms. The van der Waals surface area contributed by atoms with Gasteiger partial charge in [-0.1, -0.05) is 6.07 Å². The molecule has 8 heteroatoms. The first kappa shape index (κ1) is 20.5. The van der Waals surface area contributed by atoms with Crippen molar-refractivity contribution in [2.75, 3.05) is 45.1 Å². The number of sulfonamides is 1. The fraction of sp³-hybridized carbons (Fsp3) is 0.611. The third kappa shape index (κ3) is 5.11. The topological polar surface area (TPSA) is 76.2 Å². The highest BCUT2D eigenvalue weighted by atomic mass is 32.2. The van der Waals surface area contributed by atoms with E-state index < -0.39 is 10.0 Å². The second-order valence-corrected chi connectivity index (χ2v) is 8.26. The van der Waals surface area contributed by atoms with Crippen LogP contribution in [-0.4, -0.2) is 68.7 Å². The Bertz CT molecular complexity index is 712. The van der Waals surface area contributed by atoms with Gasteiger partial charge in [0.1, 0.15) is 0 Å². The molecule has 0 aliphatic carbocycles. The molecule has 0 unspecified atom stereocenters. The number of hydrogen-bond acceptors (Lipinski definition) is 5. The summed E-state index contributed by atoms with van der Waals surface area (Å²) in [5.74, 6) is 1.39. The third-order valence-electron chi connectivity index (χ3n) is 4.31. The van der Waals surface area contributed by atoms with Crippen LogP contribution in [0.3, 0.4) is 0 Å². The summed E-state index contributed by atoms with van der Waals surface area (Å²) in [5.41, 5.74) is 0.852. The van der Waals surface area contributed by atoms with Gasteiger partial charge in [0.2, 0.25) is 15.9 Å². The summed E-state index contributed by atoms with van der Waals surface area (Å²) in [6.45, 7) is 8.07. The maximum absolute atomic E-state index is 12.6. The molecule has 1 aliphatic heterocycles. The molecule has 1 saturated heterocycles. The maximum Gasteiger partial charge on any atom is 0.227 e.